The van der Waals surface area contributed by atoms with Crippen LogP contribution in [0.4, 0.5) is 0 Å². The second kappa shape index (κ2) is 5.75. The zero-order valence-electron chi connectivity index (χ0n) is 8.80. The summed E-state index contributed by atoms with van der Waals surface area (Å²) in [4.78, 5) is 22.0. The maximum absolute atomic E-state index is 11.2. The molecule has 1 aromatic carbocycles. The molecule has 0 bridgehead atoms. The lowest BCUT2D eigenvalue weighted by Crippen LogP contribution is -2.11. The Hall–Kier alpha value is -2.04. The van der Waals surface area contributed by atoms with Crippen molar-refractivity contribution >= 4 is 11.9 Å². The highest BCUT2D eigenvalue weighted by molar-refractivity contribution is 5.78. The van der Waals surface area contributed by atoms with E-state index in [9.17, 15) is 9.59 Å². The number of hydrogen-bond donors (Lipinski definition) is 1. The molecule has 0 saturated heterocycles. The highest BCUT2D eigenvalue weighted by Gasteiger charge is 2.09. The summed E-state index contributed by atoms with van der Waals surface area (Å²) in [5.74, 6) is -0.753. The predicted molar refractivity (Wildman–Crippen MR) is 55.0 cm³/mol. The maximum Gasteiger partial charge on any atom is 0.311 e. The minimum Gasteiger partial charge on any atom is -0.508 e. The number of carbonyl (C=O) groups excluding carboxylic acids is 2. The van der Waals surface area contributed by atoms with E-state index in [1.54, 1.807) is 6.07 Å². The monoisotopic (exact) mass is 224 g/mol. The van der Waals surface area contributed by atoms with Crippen molar-refractivity contribution < 1.29 is 24.2 Å². The highest BCUT2D eigenvalue weighted by atomic mass is 16.5. The summed E-state index contributed by atoms with van der Waals surface area (Å²) >= 11 is 0. The summed E-state index contributed by atoms with van der Waals surface area (Å²) in [6.07, 6.45) is -0.0729. The molecule has 16 heavy (non-hydrogen) atoms. The second-order valence-corrected chi connectivity index (χ2v) is 3.05. The topological polar surface area (TPSA) is 72.8 Å². The van der Waals surface area contributed by atoms with Crippen LogP contribution in [-0.4, -0.2) is 24.2 Å². The third-order valence-electron chi connectivity index (χ3n) is 1.81. The van der Waals surface area contributed by atoms with Crippen LogP contribution in [0.2, 0.25) is 0 Å². The lowest BCUT2D eigenvalue weighted by atomic mass is 10.3. The number of esters is 2. The zero-order chi connectivity index (χ0) is 12.0. The molecule has 1 N–H and O–H groups in total. The van der Waals surface area contributed by atoms with Crippen molar-refractivity contribution in [1.82, 2.24) is 0 Å². The summed E-state index contributed by atoms with van der Waals surface area (Å²) in [5.41, 5.74) is 0. The Kier molecular flexibility index (Phi) is 4.32. The molecule has 5 nitrogen and oxygen atoms in total. The van der Waals surface area contributed by atoms with Crippen molar-refractivity contribution in [2.75, 3.05) is 7.11 Å². The highest BCUT2D eigenvalue weighted by Crippen LogP contribution is 2.18. The molecule has 0 radical (unpaired) electrons. The van der Waals surface area contributed by atoms with E-state index in [1.807, 2.05) is 0 Å². The van der Waals surface area contributed by atoms with E-state index in [4.69, 9.17) is 9.84 Å². The van der Waals surface area contributed by atoms with E-state index in [0.717, 1.165) is 0 Å². The summed E-state index contributed by atoms with van der Waals surface area (Å²) in [5, 5.41) is 9.12. The molecule has 0 amide bonds. The van der Waals surface area contributed by atoms with Gasteiger partial charge >= 0.3 is 11.9 Å². The number of carbonyl (C=O) groups is 2. The van der Waals surface area contributed by atoms with Crippen molar-refractivity contribution in [3.8, 4) is 11.5 Å². The number of benzene rings is 1. The standard InChI is InChI=1S/C11H12O5/c1-15-10(13)5-6-11(14)16-9-4-2-3-8(12)7-9/h2-4,7,12H,5-6H2,1H3. The first-order valence-corrected chi connectivity index (χ1v) is 4.68. The number of aromatic hydroxyl groups is 1. The molecule has 0 saturated carbocycles. The van der Waals surface area contributed by atoms with Gasteiger partial charge in [-0.15, -0.1) is 0 Å². The van der Waals surface area contributed by atoms with Crippen LogP contribution >= 0.6 is 0 Å². The molecule has 0 unspecified atom stereocenters. The maximum atomic E-state index is 11.2. The van der Waals surface area contributed by atoms with E-state index in [1.165, 1.54) is 25.3 Å². The fourth-order valence-corrected chi connectivity index (χ4v) is 1.04. The van der Waals surface area contributed by atoms with Crippen LogP contribution in [0.5, 0.6) is 11.5 Å². The molecule has 1 rings (SSSR count). The van der Waals surface area contributed by atoms with Crippen molar-refractivity contribution in [3.05, 3.63) is 24.3 Å². The van der Waals surface area contributed by atoms with Gasteiger partial charge in [0.05, 0.1) is 20.0 Å². The van der Waals surface area contributed by atoms with Crippen molar-refractivity contribution in [2.45, 2.75) is 12.8 Å². The lowest BCUT2D eigenvalue weighted by Gasteiger charge is -2.03. The Bertz CT molecular complexity index is 386. The molecule has 1 aromatic rings. The van der Waals surface area contributed by atoms with Gasteiger partial charge in [0, 0.05) is 6.07 Å². The fourth-order valence-electron chi connectivity index (χ4n) is 1.04. The molecule has 0 aliphatic carbocycles. The number of hydrogen-bond acceptors (Lipinski definition) is 5. The molecule has 86 valence electrons. The molecule has 0 aliphatic rings. The van der Waals surface area contributed by atoms with Gasteiger partial charge in [-0.2, -0.15) is 0 Å². The van der Waals surface area contributed by atoms with Crippen LogP contribution in [0.1, 0.15) is 12.8 Å². The van der Waals surface area contributed by atoms with Gasteiger partial charge in [0.1, 0.15) is 11.5 Å². The second-order valence-electron chi connectivity index (χ2n) is 3.05. The third kappa shape index (κ3) is 4.00. The largest absolute Gasteiger partial charge is 0.508 e. The van der Waals surface area contributed by atoms with E-state index in [2.05, 4.69) is 4.74 Å². The van der Waals surface area contributed by atoms with Crippen molar-refractivity contribution in [3.63, 3.8) is 0 Å². The first-order chi connectivity index (χ1) is 7.61. The molecule has 0 aromatic heterocycles. The molecule has 0 atom stereocenters. The number of phenols is 1. The number of phenolic OH excluding ortho intramolecular Hbond substituents is 1. The third-order valence-corrected chi connectivity index (χ3v) is 1.81. The van der Waals surface area contributed by atoms with Gasteiger partial charge in [-0.3, -0.25) is 9.59 Å². The van der Waals surface area contributed by atoms with Crippen LogP contribution < -0.4 is 4.74 Å². The Morgan fingerprint density at radius 3 is 2.56 bits per heavy atom. The summed E-state index contributed by atoms with van der Waals surface area (Å²) < 4.78 is 9.27. The van der Waals surface area contributed by atoms with Crippen LogP contribution in [0.25, 0.3) is 0 Å². The zero-order valence-corrected chi connectivity index (χ0v) is 8.80. The molecule has 0 heterocycles. The molecule has 0 fully saturated rings. The lowest BCUT2D eigenvalue weighted by molar-refractivity contribution is -0.144. The Morgan fingerprint density at radius 1 is 1.25 bits per heavy atom. The summed E-state index contributed by atoms with van der Waals surface area (Å²) in [7, 11) is 1.25. The smallest absolute Gasteiger partial charge is 0.311 e. The predicted octanol–water partition coefficient (Wildman–Crippen LogP) is 1.25. The molecular formula is C11H12O5. The van der Waals surface area contributed by atoms with Crippen molar-refractivity contribution in [1.29, 1.82) is 0 Å². The van der Waals surface area contributed by atoms with Gasteiger partial charge in [-0.25, -0.2) is 0 Å². The normalized spacial score (nSPS) is 9.56. The van der Waals surface area contributed by atoms with Crippen molar-refractivity contribution in [2.24, 2.45) is 0 Å². The minimum absolute atomic E-state index is 0.0123. The molecule has 0 aliphatic heterocycles. The SMILES string of the molecule is COC(=O)CCC(=O)Oc1cccc(O)c1. The summed E-state index contributed by atoms with van der Waals surface area (Å²) in [6.45, 7) is 0. The van der Waals surface area contributed by atoms with Gasteiger partial charge in [0.15, 0.2) is 0 Å². The Morgan fingerprint density at radius 2 is 1.94 bits per heavy atom. The van der Waals surface area contributed by atoms with E-state index in [0.29, 0.717) is 0 Å². The van der Waals surface area contributed by atoms with Crippen LogP contribution in [0.15, 0.2) is 24.3 Å². The van der Waals surface area contributed by atoms with Crippen LogP contribution in [-0.2, 0) is 14.3 Å². The summed E-state index contributed by atoms with van der Waals surface area (Å²) in [6, 6.07) is 5.87. The van der Waals surface area contributed by atoms with Gasteiger partial charge < -0.3 is 14.6 Å². The molecular weight excluding hydrogens is 212 g/mol. The van der Waals surface area contributed by atoms with Gasteiger partial charge in [-0.1, -0.05) is 6.07 Å². The van der Waals surface area contributed by atoms with E-state index in [-0.39, 0.29) is 24.3 Å². The number of ether oxygens (including phenoxy) is 2. The van der Waals surface area contributed by atoms with E-state index < -0.39 is 11.9 Å². The van der Waals surface area contributed by atoms with Crippen LogP contribution in [0.3, 0.4) is 0 Å². The quantitative estimate of drug-likeness (QED) is 0.615. The fraction of sp³-hybridized carbons (Fsp3) is 0.273. The first-order valence-electron chi connectivity index (χ1n) is 4.68. The average Bonchev–Trinajstić information content (AvgIpc) is 2.26. The van der Waals surface area contributed by atoms with Gasteiger partial charge in [0.2, 0.25) is 0 Å². The van der Waals surface area contributed by atoms with E-state index >= 15 is 0 Å². The average molecular weight is 224 g/mol. The van der Waals surface area contributed by atoms with Crippen LogP contribution in [0, 0.1) is 0 Å². The Labute approximate surface area is 92.6 Å². The van der Waals surface area contributed by atoms with Gasteiger partial charge in [-0.05, 0) is 12.1 Å². The first kappa shape index (κ1) is 12.0. The molecule has 5 heteroatoms. The molecule has 0 spiro atoms. The van der Waals surface area contributed by atoms with Gasteiger partial charge in [0.25, 0.3) is 0 Å². The number of rotatable bonds is 4. The minimum atomic E-state index is -0.545. The number of methoxy groups -OCH3 is 1. The Balaban J connectivity index is 2.43.